The summed E-state index contributed by atoms with van der Waals surface area (Å²) in [7, 11) is 0. The molecule has 2 nitrogen and oxygen atoms in total. The van der Waals surface area contributed by atoms with Gasteiger partial charge in [-0.25, -0.2) is 0 Å². The van der Waals surface area contributed by atoms with E-state index < -0.39 is 11.3 Å². The molecule has 1 aliphatic carbocycles. The van der Waals surface area contributed by atoms with E-state index in [2.05, 4.69) is 6.07 Å². The Labute approximate surface area is 105 Å². The maximum absolute atomic E-state index is 11.0. The second-order valence-corrected chi connectivity index (χ2v) is 5.88. The molecule has 4 heteroatoms. The summed E-state index contributed by atoms with van der Waals surface area (Å²) in [6, 6.07) is 3.40. The molecule has 1 saturated carbocycles. The van der Waals surface area contributed by atoms with Crippen LogP contribution in [0.15, 0.2) is 12.1 Å². The number of thiophene rings is 1. The van der Waals surface area contributed by atoms with Gasteiger partial charge >= 0.3 is 0 Å². The van der Waals surface area contributed by atoms with E-state index in [0.717, 1.165) is 4.88 Å². The molecule has 0 aromatic carbocycles. The van der Waals surface area contributed by atoms with E-state index in [1.165, 1.54) is 37.0 Å². The van der Waals surface area contributed by atoms with Gasteiger partial charge in [-0.1, -0.05) is 19.3 Å². The third-order valence-corrected chi connectivity index (χ3v) is 4.77. The first-order chi connectivity index (χ1) is 7.68. The number of halogens is 1. The summed E-state index contributed by atoms with van der Waals surface area (Å²) in [6.45, 7) is 0. The van der Waals surface area contributed by atoms with Gasteiger partial charge in [0.1, 0.15) is 6.04 Å². The van der Waals surface area contributed by atoms with Crippen LogP contribution in [0.4, 0.5) is 0 Å². The van der Waals surface area contributed by atoms with Crippen LogP contribution in [0.3, 0.4) is 0 Å². The summed E-state index contributed by atoms with van der Waals surface area (Å²) in [4.78, 5) is 13.2. The average Bonchev–Trinajstić information content (AvgIpc) is 2.78. The molecule has 0 saturated heterocycles. The first-order valence-electron chi connectivity index (χ1n) is 5.73. The highest BCUT2D eigenvalue weighted by Gasteiger charge is 2.20. The van der Waals surface area contributed by atoms with E-state index in [1.807, 2.05) is 6.07 Å². The highest BCUT2D eigenvalue weighted by atomic mass is 35.5. The molecule has 1 fully saturated rings. The third kappa shape index (κ3) is 2.65. The minimum Gasteiger partial charge on any atom is -0.316 e. The Bertz CT molecular complexity index is 371. The van der Waals surface area contributed by atoms with Gasteiger partial charge in [0.15, 0.2) is 0 Å². The number of carbonyl (C=O) groups excluding carboxylic acids is 1. The Balaban J connectivity index is 2.09. The second-order valence-electron chi connectivity index (χ2n) is 4.36. The highest BCUT2D eigenvalue weighted by molar-refractivity contribution is 7.12. The lowest BCUT2D eigenvalue weighted by atomic mass is 9.88. The quantitative estimate of drug-likeness (QED) is 0.842. The predicted molar refractivity (Wildman–Crippen MR) is 67.9 cm³/mol. The Morgan fingerprint density at radius 1 is 1.38 bits per heavy atom. The number of nitrogens with two attached hydrogens (primary N) is 1. The summed E-state index contributed by atoms with van der Waals surface area (Å²) in [5.74, 6) is 0.671. The molecule has 16 heavy (non-hydrogen) atoms. The molecule has 0 bridgehead atoms. The van der Waals surface area contributed by atoms with Crippen LogP contribution in [0, 0.1) is 0 Å². The number of rotatable bonds is 3. The van der Waals surface area contributed by atoms with Gasteiger partial charge in [0, 0.05) is 9.75 Å². The standard InChI is InChI=1S/C12H16ClNOS/c13-12(15)11(14)10-7-6-9(16-10)8-4-2-1-3-5-8/h6-8,11H,1-5,14H2. The lowest BCUT2D eigenvalue weighted by Crippen LogP contribution is -2.15. The molecule has 0 spiro atoms. The largest absolute Gasteiger partial charge is 0.316 e. The fourth-order valence-corrected chi connectivity index (χ4v) is 3.62. The van der Waals surface area contributed by atoms with Crippen molar-refractivity contribution in [3.63, 3.8) is 0 Å². The van der Waals surface area contributed by atoms with Gasteiger partial charge < -0.3 is 5.73 Å². The zero-order valence-electron chi connectivity index (χ0n) is 9.12. The maximum atomic E-state index is 11.0. The van der Waals surface area contributed by atoms with Crippen LogP contribution in [-0.2, 0) is 4.79 Å². The van der Waals surface area contributed by atoms with E-state index in [9.17, 15) is 4.79 Å². The molecule has 2 rings (SSSR count). The van der Waals surface area contributed by atoms with Crippen LogP contribution >= 0.6 is 22.9 Å². The molecular weight excluding hydrogens is 242 g/mol. The van der Waals surface area contributed by atoms with E-state index in [-0.39, 0.29) is 0 Å². The number of hydrogen-bond acceptors (Lipinski definition) is 3. The van der Waals surface area contributed by atoms with Gasteiger partial charge in [0.2, 0.25) is 5.24 Å². The second kappa shape index (κ2) is 5.30. The molecule has 1 aromatic rings. The molecular formula is C12H16ClNOS. The lowest BCUT2D eigenvalue weighted by molar-refractivity contribution is -0.112. The van der Waals surface area contributed by atoms with Crippen LogP contribution in [0.5, 0.6) is 0 Å². The highest BCUT2D eigenvalue weighted by Crippen LogP contribution is 2.37. The van der Waals surface area contributed by atoms with Gasteiger partial charge in [-0.05, 0) is 42.5 Å². The van der Waals surface area contributed by atoms with Crippen LogP contribution in [0.2, 0.25) is 0 Å². The normalized spacial score (nSPS) is 19.6. The van der Waals surface area contributed by atoms with Crippen molar-refractivity contribution in [3.8, 4) is 0 Å². The molecule has 88 valence electrons. The molecule has 0 radical (unpaired) electrons. The first-order valence-corrected chi connectivity index (χ1v) is 6.92. The van der Waals surface area contributed by atoms with Crippen LogP contribution in [0.25, 0.3) is 0 Å². The molecule has 1 unspecified atom stereocenters. The van der Waals surface area contributed by atoms with Crippen LogP contribution in [0.1, 0.15) is 53.8 Å². The molecule has 0 aliphatic heterocycles. The minimum atomic E-state index is -0.649. The van der Waals surface area contributed by atoms with E-state index >= 15 is 0 Å². The summed E-state index contributed by atoms with van der Waals surface area (Å²) in [5.41, 5.74) is 5.71. The van der Waals surface area contributed by atoms with E-state index in [4.69, 9.17) is 17.3 Å². The zero-order chi connectivity index (χ0) is 11.5. The van der Waals surface area contributed by atoms with Crippen molar-refractivity contribution in [2.24, 2.45) is 5.73 Å². The van der Waals surface area contributed by atoms with Crippen LogP contribution < -0.4 is 5.73 Å². The van der Waals surface area contributed by atoms with Gasteiger partial charge in [-0.15, -0.1) is 11.3 Å². The third-order valence-electron chi connectivity index (χ3n) is 3.21. The van der Waals surface area contributed by atoms with Crippen molar-refractivity contribution in [3.05, 3.63) is 21.9 Å². The molecule has 1 aromatic heterocycles. The smallest absolute Gasteiger partial charge is 0.243 e. The van der Waals surface area contributed by atoms with Crippen molar-refractivity contribution in [2.45, 2.75) is 44.1 Å². The molecule has 1 aliphatic rings. The molecule has 2 N–H and O–H groups in total. The predicted octanol–water partition coefficient (Wildman–Crippen LogP) is 3.56. The van der Waals surface area contributed by atoms with Gasteiger partial charge in [0.25, 0.3) is 0 Å². The topological polar surface area (TPSA) is 43.1 Å². The molecule has 1 heterocycles. The maximum Gasteiger partial charge on any atom is 0.243 e. The Hall–Kier alpha value is -0.380. The molecule has 0 amide bonds. The fourth-order valence-electron chi connectivity index (χ4n) is 2.25. The lowest BCUT2D eigenvalue weighted by Gasteiger charge is -2.20. The van der Waals surface area contributed by atoms with Gasteiger partial charge in [-0.2, -0.15) is 0 Å². The average molecular weight is 258 g/mol. The summed E-state index contributed by atoms with van der Waals surface area (Å²) < 4.78 is 0. The number of carbonyl (C=O) groups is 1. The zero-order valence-corrected chi connectivity index (χ0v) is 10.7. The Kier molecular flexibility index (Phi) is 4.00. The number of hydrogen-bond donors (Lipinski definition) is 1. The SMILES string of the molecule is NC(C(=O)Cl)c1ccc(C2CCCCC2)s1. The van der Waals surface area contributed by atoms with E-state index in [0.29, 0.717) is 5.92 Å². The van der Waals surface area contributed by atoms with Crippen molar-refractivity contribution >= 4 is 28.2 Å². The minimum absolute atomic E-state index is 0.475. The van der Waals surface area contributed by atoms with Gasteiger partial charge in [-0.3, -0.25) is 4.79 Å². The van der Waals surface area contributed by atoms with E-state index in [1.54, 1.807) is 11.3 Å². The monoisotopic (exact) mass is 257 g/mol. The van der Waals surface area contributed by atoms with Crippen molar-refractivity contribution in [2.75, 3.05) is 0 Å². The van der Waals surface area contributed by atoms with Crippen molar-refractivity contribution in [1.29, 1.82) is 0 Å². The first kappa shape index (κ1) is 12.1. The Morgan fingerprint density at radius 2 is 2.06 bits per heavy atom. The van der Waals surface area contributed by atoms with Gasteiger partial charge in [0.05, 0.1) is 0 Å². The summed E-state index contributed by atoms with van der Waals surface area (Å²) in [6.07, 6.45) is 6.53. The molecule has 1 atom stereocenters. The van der Waals surface area contributed by atoms with Crippen molar-refractivity contribution in [1.82, 2.24) is 0 Å². The summed E-state index contributed by atoms with van der Waals surface area (Å²) >= 11 is 7.05. The fraction of sp³-hybridized carbons (Fsp3) is 0.583. The van der Waals surface area contributed by atoms with Crippen molar-refractivity contribution < 1.29 is 4.79 Å². The van der Waals surface area contributed by atoms with Crippen LogP contribution in [-0.4, -0.2) is 5.24 Å². The summed E-state index contributed by atoms with van der Waals surface area (Å²) in [5, 5.41) is -0.475. The Morgan fingerprint density at radius 3 is 2.69 bits per heavy atom.